The first-order valence-corrected chi connectivity index (χ1v) is 6.35. The van der Waals surface area contributed by atoms with Gasteiger partial charge in [-0.1, -0.05) is 17.7 Å². The molecule has 0 fully saturated rings. The summed E-state index contributed by atoms with van der Waals surface area (Å²) in [5, 5.41) is 9.33. The lowest BCUT2D eigenvalue weighted by molar-refractivity contribution is -0.142. The van der Waals surface area contributed by atoms with E-state index in [1.54, 1.807) is 12.1 Å². The molecule has 0 aliphatic heterocycles. The zero-order chi connectivity index (χ0) is 14.4. The minimum Gasteiger partial charge on any atom is -0.468 e. The molecule has 0 N–H and O–H groups in total. The van der Waals surface area contributed by atoms with Gasteiger partial charge < -0.3 is 4.74 Å². The number of nitrogens with zero attached hydrogens (tertiary/aromatic N) is 2. The molecule has 1 aromatic carbocycles. The molecule has 5 heteroatoms. The average Bonchev–Trinajstić information content (AvgIpc) is 2.39. The lowest BCUT2D eigenvalue weighted by Crippen LogP contribution is -2.35. The Bertz CT molecular complexity index is 495. The van der Waals surface area contributed by atoms with E-state index in [-0.39, 0.29) is 18.6 Å². The number of benzene rings is 1. The molecule has 0 saturated heterocycles. The number of carbonyl (C=O) groups is 1. The van der Waals surface area contributed by atoms with E-state index < -0.39 is 0 Å². The summed E-state index contributed by atoms with van der Waals surface area (Å²) in [6.07, 6.45) is 0. The van der Waals surface area contributed by atoms with Gasteiger partial charge in [0.15, 0.2) is 0 Å². The molecule has 102 valence electrons. The summed E-state index contributed by atoms with van der Waals surface area (Å²) in [7, 11) is 1.37. The van der Waals surface area contributed by atoms with Crippen LogP contribution in [0.5, 0.6) is 0 Å². The van der Waals surface area contributed by atoms with Crippen LogP contribution in [0, 0.1) is 11.3 Å². The molecular weight excluding hydrogens is 264 g/mol. The summed E-state index contributed by atoms with van der Waals surface area (Å²) >= 11 is 6.13. The number of nitriles is 1. The van der Waals surface area contributed by atoms with Crippen LogP contribution in [0.2, 0.25) is 5.02 Å². The third-order valence-electron chi connectivity index (χ3n) is 2.85. The monoisotopic (exact) mass is 280 g/mol. The Labute approximate surface area is 118 Å². The highest BCUT2D eigenvalue weighted by Gasteiger charge is 2.16. The van der Waals surface area contributed by atoms with Gasteiger partial charge in [-0.25, -0.2) is 0 Å². The predicted molar refractivity (Wildman–Crippen MR) is 73.7 cm³/mol. The maximum atomic E-state index is 11.4. The third kappa shape index (κ3) is 4.55. The zero-order valence-electron chi connectivity index (χ0n) is 11.3. The number of hydrogen-bond acceptors (Lipinski definition) is 4. The summed E-state index contributed by atoms with van der Waals surface area (Å²) in [6.45, 7) is 4.75. The molecule has 0 saturated carbocycles. The third-order valence-corrected chi connectivity index (χ3v) is 3.20. The van der Waals surface area contributed by atoms with Crippen molar-refractivity contribution in [2.45, 2.75) is 26.4 Å². The predicted octanol–water partition coefficient (Wildman–Crippen LogP) is 2.60. The van der Waals surface area contributed by atoms with E-state index in [4.69, 9.17) is 16.9 Å². The Hall–Kier alpha value is -1.57. The second-order valence-corrected chi connectivity index (χ2v) is 4.90. The van der Waals surface area contributed by atoms with Gasteiger partial charge in [0.25, 0.3) is 0 Å². The fraction of sp³-hybridized carbons (Fsp3) is 0.429. The maximum Gasteiger partial charge on any atom is 0.319 e. The van der Waals surface area contributed by atoms with Gasteiger partial charge in [-0.3, -0.25) is 9.69 Å². The minimum absolute atomic E-state index is 0.186. The molecule has 19 heavy (non-hydrogen) atoms. The normalized spacial score (nSPS) is 10.6. The van der Waals surface area contributed by atoms with Crippen LogP contribution in [0.4, 0.5) is 0 Å². The van der Waals surface area contributed by atoms with Gasteiger partial charge in [-0.2, -0.15) is 5.26 Å². The summed E-state index contributed by atoms with van der Waals surface area (Å²) in [5.41, 5.74) is 1.41. The highest BCUT2D eigenvalue weighted by Crippen LogP contribution is 2.20. The molecule has 0 amide bonds. The van der Waals surface area contributed by atoms with Crippen LogP contribution in [0.15, 0.2) is 18.2 Å². The van der Waals surface area contributed by atoms with Crippen molar-refractivity contribution >= 4 is 17.6 Å². The zero-order valence-corrected chi connectivity index (χ0v) is 12.1. The minimum atomic E-state index is -0.279. The van der Waals surface area contributed by atoms with Crippen molar-refractivity contribution in [1.82, 2.24) is 4.90 Å². The quantitative estimate of drug-likeness (QED) is 0.778. The smallest absolute Gasteiger partial charge is 0.319 e. The van der Waals surface area contributed by atoms with Crippen molar-refractivity contribution in [2.24, 2.45) is 0 Å². The van der Waals surface area contributed by atoms with E-state index in [2.05, 4.69) is 4.74 Å². The summed E-state index contributed by atoms with van der Waals surface area (Å²) in [4.78, 5) is 13.3. The molecule has 0 aliphatic rings. The molecule has 1 aromatic rings. The van der Waals surface area contributed by atoms with Gasteiger partial charge in [0.2, 0.25) is 0 Å². The van der Waals surface area contributed by atoms with Crippen molar-refractivity contribution in [3.8, 4) is 6.07 Å². The molecule has 4 nitrogen and oxygen atoms in total. The first kappa shape index (κ1) is 15.5. The highest BCUT2D eigenvalue weighted by atomic mass is 35.5. The molecule has 1 rings (SSSR count). The Morgan fingerprint density at radius 3 is 2.68 bits per heavy atom. The second-order valence-electron chi connectivity index (χ2n) is 4.49. The van der Waals surface area contributed by atoms with Crippen molar-refractivity contribution in [2.75, 3.05) is 13.7 Å². The van der Waals surface area contributed by atoms with Crippen LogP contribution in [0.3, 0.4) is 0 Å². The van der Waals surface area contributed by atoms with E-state index in [1.807, 2.05) is 30.9 Å². The average molecular weight is 281 g/mol. The lowest BCUT2D eigenvalue weighted by Gasteiger charge is -2.25. The molecule has 0 aromatic heterocycles. The van der Waals surface area contributed by atoms with E-state index in [1.165, 1.54) is 7.11 Å². The summed E-state index contributed by atoms with van der Waals surface area (Å²) in [6, 6.07) is 7.39. The Morgan fingerprint density at radius 2 is 2.21 bits per heavy atom. The molecule has 0 spiro atoms. The lowest BCUT2D eigenvalue weighted by atomic mass is 10.1. The van der Waals surface area contributed by atoms with Crippen molar-refractivity contribution in [1.29, 1.82) is 5.26 Å². The Balaban J connectivity index is 2.85. The molecular formula is C14H17ClN2O2. The standard InChI is InChI=1S/C14H17ClN2O2/c1-10(2)17(9-14(18)19-3)8-12-5-4-11(7-16)6-13(12)15/h4-6,10H,8-9H2,1-3H3. The van der Waals surface area contributed by atoms with Crippen LogP contribution >= 0.6 is 11.6 Å². The van der Waals surface area contributed by atoms with E-state index in [0.29, 0.717) is 17.1 Å². The van der Waals surface area contributed by atoms with Gasteiger partial charge >= 0.3 is 5.97 Å². The van der Waals surface area contributed by atoms with Crippen LogP contribution < -0.4 is 0 Å². The number of esters is 1. The fourth-order valence-electron chi connectivity index (χ4n) is 1.62. The van der Waals surface area contributed by atoms with Crippen molar-refractivity contribution in [3.05, 3.63) is 34.3 Å². The number of ether oxygens (including phenoxy) is 1. The number of rotatable bonds is 5. The summed E-state index contributed by atoms with van der Waals surface area (Å²) in [5.74, 6) is -0.279. The van der Waals surface area contributed by atoms with Crippen LogP contribution in [-0.4, -0.2) is 30.6 Å². The van der Waals surface area contributed by atoms with Crippen LogP contribution in [-0.2, 0) is 16.1 Å². The SMILES string of the molecule is COC(=O)CN(Cc1ccc(C#N)cc1Cl)C(C)C. The van der Waals surface area contributed by atoms with Gasteiger partial charge in [0, 0.05) is 17.6 Å². The fourth-order valence-corrected chi connectivity index (χ4v) is 1.86. The van der Waals surface area contributed by atoms with Gasteiger partial charge in [-0.05, 0) is 31.5 Å². The van der Waals surface area contributed by atoms with Gasteiger partial charge in [0.05, 0.1) is 25.3 Å². The molecule has 0 bridgehead atoms. The summed E-state index contributed by atoms with van der Waals surface area (Å²) < 4.78 is 4.68. The van der Waals surface area contributed by atoms with Crippen molar-refractivity contribution < 1.29 is 9.53 Å². The van der Waals surface area contributed by atoms with E-state index >= 15 is 0 Å². The molecule has 0 aliphatic carbocycles. The van der Waals surface area contributed by atoms with Gasteiger partial charge in [-0.15, -0.1) is 0 Å². The number of methoxy groups -OCH3 is 1. The molecule has 0 radical (unpaired) electrons. The topological polar surface area (TPSA) is 53.3 Å². The van der Waals surface area contributed by atoms with E-state index in [0.717, 1.165) is 5.56 Å². The maximum absolute atomic E-state index is 11.4. The van der Waals surface area contributed by atoms with E-state index in [9.17, 15) is 4.79 Å². The second kappa shape index (κ2) is 7.13. The number of carbonyl (C=O) groups excluding carboxylic acids is 1. The Kier molecular flexibility index (Phi) is 5.81. The molecule has 0 unspecified atom stereocenters. The first-order valence-electron chi connectivity index (χ1n) is 5.97. The number of halogens is 1. The first-order chi connectivity index (χ1) is 8.97. The Morgan fingerprint density at radius 1 is 1.53 bits per heavy atom. The van der Waals surface area contributed by atoms with Gasteiger partial charge in [0.1, 0.15) is 0 Å². The molecule has 0 atom stereocenters. The van der Waals surface area contributed by atoms with Crippen LogP contribution in [0.25, 0.3) is 0 Å². The largest absolute Gasteiger partial charge is 0.468 e. The van der Waals surface area contributed by atoms with Crippen LogP contribution in [0.1, 0.15) is 25.0 Å². The highest BCUT2D eigenvalue weighted by molar-refractivity contribution is 6.31. The van der Waals surface area contributed by atoms with Crippen molar-refractivity contribution in [3.63, 3.8) is 0 Å². The number of hydrogen-bond donors (Lipinski definition) is 0. The molecule has 0 heterocycles.